The summed E-state index contributed by atoms with van der Waals surface area (Å²) >= 11 is 7.56. The van der Waals surface area contributed by atoms with E-state index in [1.54, 1.807) is 17.4 Å². The summed E-state index contributed by atoms with van der Waals surface area (Å²) in [5.41, 5.74) is 1.34. The molecule has 0 radical (unpaired) electrons. The van der Waals surface area contributed by atoms with Gasteiger partial charge in [0.15, 0.2) is 0 Å². The molecule has 2 heterocycles. The molecule has 2 rings (SSSR count). The molecule has 2 aromatic rings. The number of nitrogens with zero attached hydrogens (tertiary/aromatic N) is 2. The lowest BCUT2D eigenvalue weighted by Gasteiger charge is -2.05. The van der Waals surface area contributed by atoms with E-state index in [0.717, 1.165) is 18.8 Å². The van der Waals surface area contributed by atoms with Crippen LogP contribution in [0.2, 0.25) is 5.15 Å². The summed E-state index contributed by atoms with van der Waals surface area (Å²) in [6, 6.07) is 3.87. The predicted octanol–water partition coefficient (Wildman–Crippen LogP) is 3.15. The molecule has 16 heavy (non-hydrogen) atoms. The normalized spacial score (nSPS) is 10.4. The van der Waals surface area contributed by atoms with Crippen molar-refractivity contribution in [2.75, 3.05) is 11.9 Å². The summed E-state index contributed by atoms with van der Waals surface area (Å²) < 4.78 is 0. The molecular weight excluding hydrogens is 242 g/mol. The topological polar surface area (TPSA) is 37.8 Å². The van der Waals surface area contributed by atoms with Gasteiger partial charge in [0.25, 0.3) is 0 Å². The molecule has 0 spiro atoms. The highest BCUT2D eigenvalue weighted by atomic mass is 35.5. The number of rotatable bonds is 4. The molecule has 0 saturated carbocycles. The summed E-state index contributed by atoms with van der Waals surface area (Å²) in [6.07, 6.45) is 0.990. The predicted molar refractivity (Wildman–Crippen MR) is 68.3 cm³/mol. The Morgan fingerprint density at radius 2 is 2.31 bits per heavy atom. The third-order valence-corrected chi connectivity index (χ3v) is 3.03. The van der Waals surface area contributed by atoms with Gasteiger partial charge in [0, 0.05) is 12.6 Å². The van der Waals surface area contributed by atoms with Gasteiger partial charge in [-0.2, -0.15) is 11.3 Å². The smallest absolute Gasteiger partial charge is 0.134 e. The van der Waals surface area contributed by atoms with E-state index in [0.29, 0.717) is 11.0 Å². The second kappa shape index (κ2) is 5.27. The van der Waals surface area contributed by atoms with Crippen molar-refractivity contribution in [1.29, 1.82) is 0 Å². The first-order valence-electron chi connectivity index (χ1n) is 5.00. The molecule has 2 aromatic heterocycles. The molecule has 0 saturated heterocycles. The standard InChI is InChI=1S/C11H12ClN3S/c1-8-14-10(12)6-11(15-8)13-4-2-9-3-5-16-7-9/h3,5-7H,2,4H2,1H3,(H,13,14,15). The minimum atomic E-state index is 0.477. The van der Waals surface area contributed by atoms with Crippen molar-refractivity contribution in [3.63, 3.8) is 0 Å². The van der Waals surface area contributed by atoms with Crippen molar-refractivity contribution in [3.8, 4) is 0 Å². The molecule has 84 valence electrons. The van der Waals surface area contributed by atoms with Crippen LogP contribution in [0.3, 0.4) is 0 Å². The Hall–Kier alpha value is -1.13. The minimum Gasteiger partial charge on any atom is -0.370 e. The van der Waals surface area contributed by atoms with Crippen molar-refractivity contribution >= 4 is 28.8 Å². The summed E-state index contributed by atoms with van der Waals surface area (Å²) in [5, 5.41) is 7.95. The van der Waals surface area contributed by atoms with Crippen LogP contribution in [0.4, 0.5) is 5.82 Å². The molecule has 0 aliphatic rings. The van der Waals surface area contributed by atoms with E-state index in [1.165, 1.54) is 5.56 Å². The van der Waals surface area contributed by atoms with Gasteiger partial charge in [0.1, 0.15) is 16.8 Å². The quantitative estimate of drug-likeness (QED) is 0.851. The summed E-state index contributed by atoms with van der Waals surface area (Å²) in [7, 11) is 0. The summed E-state index contributed by atoms with van der Waals surface area (Å²) in [4.78, 5) is 8.26. The van der Waals surface area contributed by atoms with Gasteiger partial charge in [-0.1, -0.05) is 11.6 Å². The molecular formula is C11H12ClN3S. The van der Waals surface area contributed by atoms with E-state index < -0.39 is 0 Å². The number of hydrogen-bond donors (Lipinski definition) is 1. The molecule has 0 bridgehead atoms. The van der Waals surface area contributed by atoms with Crippen molar-refractivity contribution < 1.29 is 0 Å². The second-order valence-corrected chi connectivity index (χ2v) is 4.60. The highest BCUT2D eigenvalue weighted by Gasteiger charge is 1.99. The van der Waals surface area contributed by atoms with E-state index in [2.05, 4.69) is 32.1 Å². The SMILES string of the molecule is Cc1nc(Cl)cc(NCCc2ccsc2)n1. The number of aromatic nitrogens is 2. The molecule has 0 aliphatic carbocycles. The van der Waals surface area contributed by atoms with Crippen LogP contribution >= 0.6 is 22.9 Å². The van der Waals surface area contributed by atoms with Crippen LogP contribution in [0.25, 0.3) is 0 Å². The van der Waals surface area contributed by atoms with Crippen LogP contribution < -0.4 is 5.32 Å². The van der Waals surface area contributed by atoms with E-state index in [1.807, 2.05) is 6.92 Å². The van der Waals surface area contributed by atoms with E-state index in [9.17, 15) is 0 Å². The highest BCUT2D eigenvalue weighted by molar-refractivity contribution is 7.07. The molecule has 0 aromatic carbocycles. The number of halogens is 1. The van der Waals surface area contributed by atoms with Crippen molar-refractivity contribution in [3.05, 3.63) is 39.4 Å². The Balaban J connectivity index is 1.89. The van der Waals surface area contributed by atoms with E-state index in [4.69, 9.17) is 11.6 Å². The van der Waals surface area contributed by atoms with Gasteiger partial charge in [-0.15, -0.1) is 0 Å². The Morgan fingerprint density at radius 1 is 1.44 bits per heavy atom. The fourth-order valence-corrected chi connectivity index (χ4v) is 2.32. The maximum Gasteiger partial charge on any atom is 0.134 e. The summed E-state index contributed by atoms with van der Waals surface area (Å²) in [5.74, 6) is 1.47. The van der Waals surface area contributed by atoms with Crippen LogP contribution in [0.15, 0.2) is 22.9 Å². The molecule has 5 heteroatoms. The van der Waals surface area contributed by atoms with Crippen LogP contribution in [0.5, 0.6) is 0 Å². The number of anilines is 1. The van der Waals surface area contributed by atoms with Crippen molar-refractivity contribution in [1.82, 2.24) is 9.97 Å². The van der Waals surface area contributed by atoms with Crippen LogP contribution in [-0.4, -0.2) is 16.5 Å². The zero-order valence-corrected chi connectivity index (χ0v) is 10.5. The zero-order valence-electron chi connectivity index (χ0n) is 8.90. The average molecular weight is 254 g/mol. The third-order valence-electron chi connectivity index (χ3n) is 2.11. The van der Waals surface area contributed by atoms with Gasteiger partial charge in [-0.05, 0) is 35.7 Å². The Labute approximate surface area is 104 Å². The number of aryl methyl sites for hydroxylation is 1. The molecule has 0 aliphatic heterocycles. The first-order chi connectivity index (χ1) is 7.74. The van der Waals surface area contributed by atoms with Gasteiger partial charge in [-0.3, -0.25) is 0 Å². The van der Waals surface area contributed by atoms with Crippen molar-refractivity contribution in [2.24, 2.45) is 0 Å². The van der Waals surface area contributed by atoms with Gasteiger partial charge in [-0.25, -0.2) is 9.97 Å². The van der Waals surface area contributed by atoms with E-state index in [-0.39, 0.29) is 0 Å². The van der Waals surface area contributed by atoms with Crippen molar-refractivity contribution in [2.45, 2.75) is 13.3 Å². The number of hydrogen-bond acceptors (Lipinski definition) is 4. The fourth-order valence-electron chi connectivity index (χ4n) is 1.39. The van der Waals surface area contributed by atoms with Gasteiger partial charge in [0.05, 0.1) is 0 Å². The van der Waals surface area contributed by atoms with Crippen LogP contribution in [-0.2, 0) is 6.42 Å². The Kier molecular flexibility index (Phi) is 3.74. The first-order valence-corrected chi connectivity index (χ1v) is 6.32. The highest BCUT2D eigenvalue weighted by Crippen LogP contribution is 2.11. The number of nitrogens with one attached hydrogen (secondary N) is 1. The largest absolute Gasteiger partial charge is 0.370 e. The van der Waals surface area contributed by atoms with Gasteiger partial charge < -0.3 is 5.32 Å². The molecule has 3 nitrogen and oxygen atoms in total. The monoisotopic (exact) mass is 253 g/mol. The maximum atomic E-state index is 5.84. The lowest BCUT2D eigenvalue weighted by molar-refractivity contribution is 0.985. The lowest BCUT2D eigenvalue weighted by Crippen LogP contribution is -2.06. The van der Waals surface area contributed by atoms with Gasteiger partial charge >= 0.3 is 0 Å². The summed E-state index contributed by atoms with van der Waals surface area (Å²) in [6.45, 7) is 2.68. The van der Waals surface area contributed by atoms with Crippen LogP contribution in [0.1, 0.15) is 11.4 Å². The molecule has 0 amide bonds. The number of thiophene rings is 1. The lowest BCUT2D eigenvalue weighted by atomic mass is 10.2. The molecule has 0 fully saturated rings. The van der Waals surface area contributed by atoms with Crippen LogP contribution in [0, 0.1) is 6.92 Å². The zero-order chi connectivity index (χ0) is 11.4. The molecule has 1 N–H and O–H groups in total. The minimum absolute atomic E-state index is 0.477. The maximum absolute atomic E-state index is 5.84. The molecule has 0 unspecified atom stereocenters. The molecule has 0 atom stereocenters. The Bertz CT molecular complexity index is 436. The van der Waals surface area contributed by atoms with Gasteiger partial charge in [0.2, 0.25) is 0 Å². The average Bonchev–Trinajstić information content (AvgIpc) is 2.69. The third kappa shape index (κ3) is 3.18. The van der Waals surface area contributed by atoms with E-state index >= 15 is 0 Å². The first kappa shape index (κ1) is 11.4. The second-order valence-electron chi connectivity index (χ2n) is 3.43. The Morgan fingerprint density at radius 3 is 3.00 bits per heavy atom. The fraction of sp³-hybridized carbons (Fsp3) is 0.273.